The molecule has 0 saturated carbocycles. The van der Waals surface area contributed by atoms with Crippen molar-refractivity contribution in [2.45, 2.75) is 38.2 Å². The summed E-state index contributed by atoms with van der Waals surface area (Å²) in [5.41, 5.74) is 3.78. The van der Waals surface area contributed by atoms with Crippen LogP contribution in [-0.2, 0) is 17.1 Å². The zero-order chi connectivity index (χ0) is 27.4. The molecule has 1 amide bonds. The molecule has 5 rings (SSSR count). The van der Waals surface area contributed by atoms with Crippen LogP contribution in [0.1, 0.15) is 36.9 Å². The first-order valence-electron chi connectivity index (χ1n) is 11.6. The summed E-state index contributed by atoms with van der Waals surface area (Å²) in [6.45, 7) is 2.73. The first-order valence-corrected chi connectivity index (χ1v) is 11.6. The molecule has 4 aromatic rings. The lowest BCUT2D eigenvalue weighted by Crippen LogP contribution is -2.37. The number of alkyl halides is 6. The van der Waals surface area contributed by atoms with Crippen molar-refractivity contribution in [1.29, 1.82) is 0 Å². The molecule has 0 atom stereocenters. The quantitative estimate of drug-likeness (QED) is 0.316. The van der Waals surface area contributed by atoms with Crippen molar-refractivity contribution in [2.24, 2.45) is 0 Å². The van der Waals surface area contributed by atoms with Crippen LogP contribution in [0.15, 0.2) is 47.3 Å². The number of carbonyl (C=O) groups is 1. The number of piperidine rings is 1. The van der Waals surface area contributed by atoms with Crippen molar-refractivity contribution in [2.75, 3.05) is 18.8 Å². The molecule has 1 aromatic carbocycles. The smallest absolute Gasteiger partial charge is 0.416 e. The van der Waals surface area contributed by atoms with Crippen LogP contribution >= 0.6 is 0 Å². The van der Waals surface area contributed by atoms with Gasteiger partial charge in [-0.25, -0.2) is 4.98 Å². The van der Waals surface area contributed by atoms with E-state index in [0.29, 0.717) is 54.6 Å². The molecule has 7 nitrogen and oxygen atoms in total. The minimum atomic E-state index is -5.00. The molecule has 0 unspecified atom stereocenters. The van der Waals surface area contributed by atoms with Crippen LogP contribution in [0.3, 0.4) is 0 Å². The number of likely N-dealkylation sites (tertiary alicyclic amines) is 1. The molecule has 1 aliphatic heterocycles. The third kappa shape index (κ3) is 4.79. The number of benzene rings is 1. The first-order chi connectivity index (χ1) is 17.8. The van der Waals surface area contributed by atoms with E-state index in [1.165, 1.54) is 19.2 Å². The van der Waals surface area contributed by atoms with Gasteiger partial charge in [-0.1, -0.05) is 0 Å². The van der Waals surface area contributed by atoms with Gasteiger partial charge < -0.3 is 15.1 Å². The molecular weight excluding hydrogens is 516 g/mol. The van der Waals surface area contributed by atoms with Gasteiger partial charge in [0.25, 0.3) is 0 Å². The average Bonchev–Trinajstić information content (AvgIpc) is 3.52. The van der Waals surface area contributed by atoms with Crippen molar-refractivity contribution >= 4 is 22.7 Å². The molecule has 0 aliphatic carbocycles. The van der Waals surface area contributed by atoms with Gasteiger partial charge in [-0.2, -0.15) is 31.4 Å². The number of carbonyl (C=O) groups excluding carboxylic acids is 1. The van der Waals surface area contributed by atoms with Gasteiger partial charge in [0.15, 0.2) is 11.4 Å². The fourth-order valence-corrected chi connectivity index (χ4v) is 4.64. The Labute approximate surface area is 211 Å². The highest BCUT2D eigenvalue weighted by Gasteiger charge is 2.37. The highest BCUT2D eigenvalue weighted by molar-refractivity contribution is 6.00. The van der Waals surface area contributed by atoms with E-state index in [4.69, 9.17) is 10.2 Å². The predicted molar refractivity (Wildman–Crippen MR) is 126 cm³/mol. The number of aromatic nitrogens is 3. The van der Waals surface area contributed by atoms with Gasteiger partial charge in [0.05, 0.1) is 23.4 Å². The molecular formula is C25H21F6N5O2. The molecule has 0 spiro atoms. The molecule has 3 aromatic heterocycles. The van der Waals surface area contributed by atoms with Gasteiger partial charge in [-0.05, 0) is 37.1 Å². The zero-order valence-corrected chi connectivity index (χ0v) is 19.9. The summed E-state index contributed by atoms with van der Waals surface area (Å²) in [7, 11) is 0. The van der Waals surface area contributed by atoms with Crippen molar-refractivity contribution in [3.63, 3.8) is 0 Å². The molecule has 13 heteroatoms. The topological polar surface area (TPSA) is 90.2 Å². The van der Waals surface area contributed by atoms with Gasteiger partial charge in [-0.15, -0.1) is 0 Å². The Hall–Kier alpha value is -4.03. The number of nitrogens with two attached hydrogens (primary N) is 1. The second kappa shape index (κ2) is 9.07. The molecule has 2 N–H and O–H groups in total. The molecule has 1 fully saturated rings. The lowest BCUT2D eigenvalue weighted by Gasteiger charge is -2.31. The summed E-state index contributed by atoms with van der Waals surface area (Å²) < 4.78 is 87.6. The SMILES string of the molecule is CC(=O)N1CCC(n2cc(-c3cnc(N)c4oc(-c5cc(C(F)(F)F)cc(C(F)(F)F)c5)cc34)cn2)CC1. The van der Waals surface area contributed by atoms with Crippen LogP contribution in [0, 0.1) is 0 Å². The van der Waals surface area contributed by atoms with E-state index in [1.54, 1.807) is 22.0 Å². The zero-order valence-electron chi connectivity index (χ0n) is 19.9. The Kier molecular flexibility index (Phi) is 6.11. The summed E-state index contributed by atoms with van der Waals surface area (Å²) >= 11 is 0. The summed E-state index contributed by atoms with van der Waals surface area (Å²) in [6.07, 6.45) is -3.76. The van der Waals surface area contributed by atoms with Crippen LogP contribution in [0.25, 0.3) is 33.4 Å². The number of fused-ring (bicyclic) bond motifs is 1. The van der Waals surface area contributed by atoms with E-state index in [1.807, 2.05) is 0 Å². The number of pyridine rings is 1. The number of halogens is 6. The maximum atomic E-state index is 13.4. The molecule has 4 heterocycles. The number of anilines is 1. The van der Waals surface area contributed by atoms with Gasteiger partial charge >= 0.3 is 12.4 Å². The van der Waals surface area contributed by atoms with Crippen LogP contribution in [0.4, 0.5) is 32.2 Å². The largest absolute Gasteiger partial charge is 0.452 e. The first kappa shape index (κ1) is 25.6. The Bertz CT molecular complexity index is 1480. The van der Waals surface area contributed by atoms with Crippen molar-refractivity contribution in [3.05, 3.63) is 54.0 Å². The molecule has 0 radical (unpaired) electrons. The van der Waals surface area contributed by atoms with E-state index in [-0.39, 0.29) is 35.2 Å². The average molecular weight is 537 g/mol. The minimum absolute atomic E-state index is 0.0128. The monoisotopic (exact) mass is 537 g/mol. The Morgan fingerprint density at radius 2 is 1.61 bits per heavy atom. The van der Waals surface area contributed by atoms with Gasteiger partial charge in [0.2, 0.25) is 5.91 Å². The maximum Gasteiger partial charge on any atom is 0.416 e. The maximum absolute atomic E-state index is 13.4. The van der Waals surface area contributed by atoms with Crippen LogP contribution in [0.2, 0.25) is 0 Å². The third-order valence-electron chi connectivity index (χ3n) is 6.66. The summed E-state index contributed by atoms with van der Waals surface area (Å²) in [5, 5.41) is 4.80. The van der Waals surface area contributed by atoms with E-state index in [2.05, 4.69) is 10.1 Å². The molecule has 38 heavy (non-hydrogen) atoms. The second-order valence-electron chi connectivity index (χ2n) is 9.15. The standard InChI is InChI=1S/C25H21F6N5O2/c1-13(37)35-4-2-18(3-5-35)36-12-15(10-34-36)20-11-33-23(32)22-19(20)9-21(38-22)14-6-16(24(26,27)28)8-17(7-14)25(29,30)31/h6-12,18H,2-5H2,1H3,(H2,32,33). The van der Waals surface area contributed by atoms with Gasteiger partial charge in [0.1, 0.15) is 5.76 Å². The van der Waals surface area contributed by atoms with Gasteiger partial charge in [-0.3, -0.25) is 9.48 Å². The van der Waals surface area contributed by atoms with E-state index in [0.717, 1.165) is 0 Å². The molecule has 1 saturated heterocycles. The van der Waals surface area contributed by atoms with Crippen molar-refractivity contribution in [1.82, 2.24) is 19.7 Å². The normalized spacial score (nSPS) is 15.4. The minimum Gasteiger partial charge on any atom is -0.452 e. The van der Waals surface area contributed by atoms with E-state index in [9.17, 15) is 31.1 Å². The van der Waals surface area contributed by atoms with Crippen LogP contribution in [-0.4, -0.2) is 38.7 Å². The lowest BCUT2D eigenvalue weighted by molar-refractivity contribution is -0.143. The molecule has 0 bridgehead atoms. The number of amides is 1. The van der Waals surface area contributed by atoms with E-state index >= 15 is 0 Å². The Morgan fingerprint density at radius 1 is 0.974 bits per heavy atom. The highest BCUT2D eigenvalue weighted by Crippen LogP contribution is 2.41. The fourth-order valence-electron chi connectivity index (χ4n) is 4.64. The molecule has 200 valence electrons. The Balaban J connectivity index is 1.54. The number of nitrogen functional groups attached to an aromatic ring is 1. The number of rotatable bonds is 3. The Morgan fingerprint density at radius 3 is 2.18 bits per heavy atom. The predicted octanol–water partition coefficient (Wildman–Crippen LogP) is 6.16. The number of hydrogen-bond acceptors (Lipinski definition) is 5. The third-order valence-corrected chi connectivity index (χ3v) is 6.66. The van der Waals surface area contributed by atoms with Crippen molar-refractivity contribution in [3.8, 4) is 22.5 Å². The number of hydrogen-bond donors (Lipinski definition) is 1. The summed E-state index contributed by atoms with van der Waals surface area (Å²) in [4.78, 5) is 17.5. The summed E-state index contributed by atoms with van der Waals surface area (Å²) in [6, 6.07) is 2.66. The fraction of sp³-hybridized carbons (Fsp3) is 0.320. The van der Waals surface area contributed by atoms with E-state index < -0.39 is 29.0 Å². The lowest BCUT2D eigenvalue weighted by atomic mass is 10.0. The molecule has 1 aliphatic rings. The van der Waals surface area contributed by atoms with Gasteiger partial charge in [0, 0.05) is 54.5 Å². The summed E-state index contributed by atoms with van der Waals surface area (Å²) in [5.74, 6) is -0.276. The van der Waals surface area contributed by atoms with Crippen LogP contribution < -0.4 is 5.73 Å². The number of furan rings is 1. The highest BCUT2D eigenvalue weighted by atomic mass is 19.4. The van der Waals surface area contributed by atoms with Crippen LogP contribution in [0.5, 0.6) is 0 Å². The number of nitrogens with zero attached hydrogens (tertiary/aromatic N) is 4. The second-order valence-corrected chi connectivity index (χ2v) is 9.15. The van der Waals surface area contributed by atoms with Crippen molar-refractivity contribution < 1.29 is 35.6 Å².